The zero-order chi connectivity index (χ0) is 21.9. The van der Waals surface area contributed by atoms with Crippen LogP contribution in [0.15, 0.2) is 78.2 Å². The van der Waals surface area contributed by atoms with Crippen LogP contribution >= 0.6 is 11.8 Å². The van der Waals surface area contributed by atoms with Gasteiger partial charge in [0.2, 0.25) is 0 Å². The van der Waals surface area contributed by atoms with E-state index in [1.807, 2.05) is 18.2 Å². The number of Topliss-reactive ketones (excluding diaryl/α,β-unsaturated/α-hetero) is 1. The van der Waals surface area contributed by atoms with Crippen LogP contribution in [0.5, 0.6) is 0 Å². The number of aromatic nitrogens is 4. The number of carbonyl (C=O) groups is 1. The smallest absolute Gasteiger partial charge is 0.196 e. The van der Waals surface area contributed by atoms with Gasteiger partial charge in [0.05, 0.1) is 11.4 Å². The Kier molecular flexibility index (Phi) is 5.81. The molecular weight excluding hydrogens is 423 g/mol. The molecule has 0 bridgehead atoms. The molecule has 0 aliphatic heterocycles. The third kappa shape index (κ3) is 3.96. The number of hydrogen-bond acceptors (Lipinski definition) is 5. The van der Waals surface area contributed by atoms with E-state index in [1.165, 1.54) is 23.4 Å². The van der Waals surface area contributed by atoms with Crippen molar-refractivity contribution in [3.8, 4) is 17.1 Å². The third-order valence-electron chi connectivity index (χ3n) is 5.75. The molecule has 1 aliphatic rings. The van der Waals surface area contributed by atoms with Gasteiger partial charge in [-0.25, -0.2) is 4.39 Å². The van der Waals surface area contributed by atoms with Crippen molar-refractivity contribution in [2.24, 2.45) is 0 Å². The highest BCUT2D eigenvalue weighted by Gasteiger charge is 2.27. The summed E-state index contributed by atoms with van der Waals surface area (Å²) < 4.78 is 16.4. The van der Waals surface area contributed by atoms with Gasteiger partial charge in [-0.3, -0.25) is 14.3 Å². The molecule has 0 saturated carbocycles. The Balaban J connectivity index is 1.45. The molecule has 32 heavy (non-hydrogen) atoms. The molecule has 0 spiro atoms. The van der Waals surface area contributed by atoms with E-state index in [9.17, 15) is 9.18 Å². The van der Waals surface area contributed by atoms with Crippen LogP contribution in [0.4, 0.5) is 4.39 Å². The topological polar surface area (TPSA) is 60.7 Å². The minimum atomic E-state index is -0.383. The van der Waals surface area contributed by atoms with Gasteiger partial charge in [0.15, 0.2) is 16.8 Å². The number of pyridine rings is 1. The predicted octanol–water partition coefficient (Wildman–Crippen LogP) is 5.25. The fraction of sp³-hybridized carbons (Fsp3) is 0.200. The van der Waals surface area contributed by atoms with Crippen LogP contribution in [0.2, 0.25) is 0 Å². The van der Waals surface area contributed by atoms with E-state index in [1.54, 1.807) is 41.2 Å². The number of fused-ring (bicyclic) bond motifs is 1. The van der Waals surface area contributed by atoms with E-state index in [4.69, 9.17) is 0 Å². The summed E-state index contributed by atoms with van der Waals surface area (Å²) in [5.41, 5.74) is 3.46. The van der Waals surface area contributed by atoms with Crippen molar-refractivity contribution in [2.75, 3.05) is 5.75 Å². The maximum absolute atomic E-state index is 14.7. The number of thioether (sulfide) groups is 1. The second kappa shape index (κ2) is 9.04. The average molecular weight is 445 g/mol. The number of ketones is 1. The molecule has 1 aliphatic carbocycles. The Morgan fingerprint density at radius 2 is 1.91 bits per heavy atom. The molecule has 2 heterocycles. The Morgan fingerprint density at radius 3 is 2.75 bits per heavy atom. The summed E-state index contributed by atoms with van der Waals surface area (Å²) >= 11 is 1.30. The van der Waals surface area contributed by atoms with Crippen LogP contribution in [0.25, 0.3) is 17.1 Å². The molecular formula is C25H21FN4OS. The molecule has 7 heteroatoms. The van der Waals surface area contributed by atoms with Crippen molar-refractivity contribution in [3.63, 3.8) is 0 Å². The Labute approximate surface area is 189 Å². The second-order valence-electron chi connectivity index (χ2n) is 7.73. The fourth-order valence-corrected chi connectivity index (χ4v) is 5.11. The van der Waals surface area contributed by atoms with Crippen molar-refractivity contribution in [1.82, 2.24) is 19.7 Å². The highest BCUT2D eigenvalue weighted by Crippen LogP contribution is 2.34. The number of rotatable bonds is 6. The molecule has 0 amide bonds. The van der Waals surface area contributed by atoms with Crippen LogP contribution in [-0.4, -0.2) is 31.3 Å². The van der Waals surface area contributed by atoms with E-state index in [-0.39, 0.29) is 23.3 Å². The van der Waals surface area contributed by atoms with Crippen LogP contribution in [0, 0.1) is 5.82 Å². The first-order valence-corrected chi connectivity index (χ1v) is 11.5. The van der Waals surface area contributed by atoms with Gasteiger partial charge < -0.3 is 0 Å². The SMILES string of the molecule is O=C(CSc1nnc(-c2cccnc2)n1-c1ccccc1F)C1CCCc2ccccc21. The number of para-hydroxylation sites is 1. The number of halogens is 1. The lowest BCUT2D eigenvalue weighted by molar-refractivity contribution is -0.118. The number of benzene rings is 2. The summed E-state index contributed by atoms with van der Waals surface area (Å²) in [5.74, 6) is 0.412. The van der Waals surface area contributed by atoms with Crippen molar-refractivity contribution < 1.29 is 9.18 Å². The lowest BCUT2D eigenvalue weighted by atomic mass is 9.81. The molecule has 5 rings (SSSR count). The molecule has 4 aromatic rings. The maximum Gasteiger partial charge on any atom is 0.196 e. The average Bonchev–Trinajstić information content (AvgIpc) is 3.26. The first-order chi connectivity index (χ1) is 15.7. The highest BCUT2D eigenvalue weighted by atomic mass is 32.2. The minimum absolute atomic E-state index is 0.102. The molecule has 0 radical (unpaired) electrons. The van der Waals surface area contributed by atoms with Gasteiger partial charge in [-0.2, -0.15) is 0 Å². The standard InChI is InChI=1S/C25H21FN4OS/c26-21-12-3-4-13-22(21)30-24(18-9-6-14-27-15-18)28-29-25(30)32-16-23(31)20-11-5-8-17-7-1-2-10-19(17)20/h1-4,6-7,9-10,12-15,20H,5,8,11,16H2. The third-order valence-corrected chi connectivity index (χ3v) is 6.70. The molecule has 160 valence electrons. The lowest BCUT2D eigenvalue weighted by Gasteiger charge is -2.24. The number of hydrogen-bond donors (Lipinski definition) is 0. The summed E-state index contributed by atoms with van der Waals surface area (Å²) in [6, 6.07) is 18.3. The van der Waals surface area contributed by atoms with E-state index >= 15 is 0 Å². The van der Waals surface area contributed by atoms with Crippen molar-refractivity contribution in [1.29, 1.82) is 0 Å². The predicted molar refractivity (Wildman–Crippen MR) is 122 cm³/mol. The van der Waals surface area contributed by atoms with Gasteiger partial charge in [-0.05, 0) is 54.7 Å². The number of nitrogens with zero attached hydrogens (tertiary/aromatic N) is 4. The largest absolute Gasteiger partial charge is 0.298 e. The summed E-state index contributed by atoms with van der Waals surface area (Å²) in [6.45, 7) is 0. The molecule has 1 atom stereocenters. The summed E-state index contributed by atoms with van der Waals surface area (Å²) in [7, 11) is 0. The van der Waals surface area contributed by atoms with Crippen LogP contribution in [0.3, 0.4) is 0 Å². The van der Waals surface area contributed by atoms with Crippen molar-refractivity contribution in [2.45, 2.75) is 30.3 Å². The second-order valence-corrected chi connectivity index (χ2v) is 8.68. The Bertz CT molecular complexity index is 1260. The molecule has 5 nitrogen and oxygen atoms in total. The lowest BCUT2D eigenvalue weighted by Crippen LogP contribution is -2.20. The summed E-state index contributed by atoms with van der Waals surface area (Å²) in [5, 5.41) is 9.08. The number of aryl methyl sites for hydroxylation is 1. The van der Waals surface area contributed by atoms with E-state index in [0.717, 1.165) is 30.4 Å². The van der Waals surface area contributed by atoms with E-state index in [0.29, 0.717) is 16.7 Å². The van der Waals surface area contributed by atoms with E-state index in [2.05, 4.69) is 27.3 Å². The first kappa shape index (κ1) is 20.6. The minimum Gasteiger partial charge on any atom is -0.298 e. The molecule has 2 aromatic heterocycles. The van der Waals surface area contributed by atoms with Gasteiger partial charge in [0.1, 0.15) is 5.82 Å². The van der Waals surface area contributed by atoms with E-state index < -0.39 is 0 Å². The molecule has 2 aromatic carbocycles. The van der Waals surface area contributed by atoms with Gasteiger partial charge in [-0.1, -0.05) is 48.2 Å². The Morgan fingerprint density at radius 1 is 1.06 bits per heavy atom. The zero-order valence-corrected chi connectivity index (χ0v) is 18.1. The van der Waals surface area contributed by atoms with Crippen LogP contribution in [0.1, 0.15) is 29.9 Å². The van der Waals surface area contributed by atoms with Crippen LogP contribution < -0.4 is 0 Å². The van der Waals surface area contributed by atoms with Gasteiger partial charge >= 0.3 is 0 Å². The highest BCUT2D eigenvalue weighted by molar-refractivity contribution is 7.99. The molecule has 0 saturated heterocycles. The molecule has 0 N–H and O–H groups in total. The van der Waals surface area contributed by atoms with Gasteiger partial charge in [0, 0.05) is 23.9 Å². The molecule has 1 unspecified atom stereocenters. The monoisotopic (exact) mass is 444 g/mol. The Hall–Kier alpha value is -3.32. The normalized spacial score (nSPS) is 15.3. The van der Waals surface area contributed by atoms with Crippen LogP contribution in [-0.2, 0) is 11.2 Å². The van der Waals surface area contributed by atoms with Gasteiger partial charge in [-0.15, -0.1) is 10.2 Å². The number of carbonyl (C=O) groups excluding carboxylic acids is 1. The van der Waals surface area contributed by atoms with Crippen molar-refractivity contribution in [3.05, 3.63) is 90.0 Å². The van der Waals surface area contributed by atoms with Gasteiger partial charge in [0.25, 0.3) is 0 Å². The molecule has 0 fully saturated rings. The summed E-state index contributed by atoms with van der Waals surface area (Å²) in [6.07, 6.45) is 6.22. The first-order valence-electron chi connectivity index (χ1n) is 10.6. The summed E-state index contributed by atoms with van der Waals surface area (Å²) in [4.78, 5) is 17.3. The maximum atomic E-state index is 14.7. The van der Waals surface area contributed by atoms with Crippen molar-refractivity contribution >= 4 is 17.5 Å². The fourth-order valence-electron chi connectivity index (χ4n) is 4.22. The quantitative estimate of drug-likeness (QED) is 0.380. The zero-order valence-electron chi connectivity index (χ0n) is 17.3.